The number of hydrogen-bond donors (Lipinski definition) is 0. The Balaban J connectivity index is 3.79. The van der Waals surface area contributed by atoms with Crippen LogP contribution in [-0.2, 0) is 40.7 Å². The van der Waals surface area contributed by atoms with Crippen LogP contribution < -0.4 is 0 Å². The number of esters is 2. The summed E-state index contributed by atoms with van der Waals surface area (Å²) in [5, 5.41) is 0. The third-order valence-corrected chi connectivity index (χ3v) is 4.24. The summed E-state index contributed by atoms with van der Waals surface area (Å²) in [7, 11) is -0.407. The number of ether oxygens (including phenoxy) is 2. The smallest absolute Gasteiger partial charge is 0.318 e. The van der Waals surface area contributed by atoms with Crippen molar-refractivity contribution in [1.29, 1.82) is 0 Å². The van der Waals surface area contributed by atoms with Crippen molar-refractivity contribution in [3.05, 3.63) is 0 Å². The van der Waals surface area contributed by atoms with Crippen molar-refractivity contribution in [1.82, 2.24) is 0 Å². The van der Waals surface area contributed by atoms with Crippen molar-refractivity contribution in [3.8, 4) is 0 Å². The van der Waals surface area contributed by atoms with E-state index in [1.165, 1.54) is 14.2 Å². The Morgan fingerprint density at radius 3 is 1.44 bits per heavy atom. The van der Waals surface area contributed by atoms with Crippen LogP contribution in [0.25, 0.3) is 0 Å². The maximum Gasteiger partial charge on any atom is 0.318 e. The SMILES string of the molecule is COC(=O)CS(=O)CCS(=O)CC(=O)OC. The predicted octanol–water partition coefficient (Wildman–Crippen LogP) is -1.17. The fourth-order valence-electron chi connectivity index (χ4n) is 0.711. The highest BCUT2D eigenvalue weighted by Gasteiger charge is 2.12. The van der Waals surface area contributed by atoms with Crippen LogP contribution in [0.3, 0.4) is 0 Å². The second kappa shape index (κ2) is 8.40. The number of carbonyl (C=O) groups excluding carboxylic acids is 2. The lowest BCUT2D eigenvalue weighted by atomic mass is 10.8. The Hall–Kier alpha value is -0.760. The molecule has 0 heterocycles. The van der Waals surface area contributed by atoms with Gasteiger partial charge in [-0.05, 0) is 0 Å². The van der Waals surface area contributed by atoms with E-state index in [9.17, 15) is 18.0 Å². The first kappa shape index (κ1) is 15.2. The summed E-state index contributed by atoms with van der Waals surface area (Å²) >= 11 is 0. The number of carbonyl (C=O) groups is 2. The molecule has 0 saturated heterocycles. The second-order valence-electron chi connectivity index (χ2n) is 2.73. The van der Waals surface area contributed by atoms with E-state index in [1.807, 2.05) is 0 Å². The molecule has 6 nitrogen and oxygen atoms in total. The van der Waals surface area contributed by atoms with Gasteiger partial charge in [-0.1, -0.05) is 0 Å². The second-order valence-corrected chi connectivity index (χ2v) is 5.88. The molecule has 0 aromatic carbocycles. The molecule has 8 heteroatoms. The van der Waals surface area contributed by atoms with E-state index < -0.39 is 33.5 Å². The lowest BCUT2D eigenvalue weighted by Crippen LogP contribution is -2.20. The highest BCUT2D eigenvalue weighted by molar-refractivity contribution is 7.89. The van der Waals surface area contributed by atoms with E-state index >= 15 is 0 Å². The van der Waals surface area contributed by atoms with Gasteiger partial charge in [0, 0.05) is 33.1 Å². The molecule has 94 valence electrons. The zero-order valence-corrected chi connectivity index (χ0v) is 10.7. The van der Waals surface area contributed by atoms with Gasteiger partial charge in [-0.2, -0.15) is 0 Å². The predicted molar refractivity (Wildman–Crippen MR) is 59.8 cm³/mol. The minimum Gasteiger partial charge on any atom is -0.468 e. The zero-order chi connectivity index (χ0) is 12.6. The van der Waals surface area contributed by atoms with Gasteiger partial charge in [0.15, 0.2) is 0 Å². The average Bonchev–Trinajstić information content (AvgIpc) is 2.26. The molecule has 2 atom stereocenters. The highest BCUT2D eigenvalue weighted by Crippen LogP contribution is 1.91. The quantitative estimate of drug-likeness (QED) is 0.542. The summed E-state index contributed by atoms with van der Waals surface area (Å²) in [5.41, 5.74) is 0. The fraction of sp³-hybridized carbons (Fsp3) is 0.750. The minimum atomic E-state index is -1.41. The summed E-state index contributed by atoms with van der Waals surface area (Å²) in [4.78, 5) is 21.5. The molecule has 0 radical (unpaired) electrons. The normalized spacial score (nSPS) is 13.9. The molecular weight excluding hydrogens is 256 g/mol. The van der Waals surface area contributed by atoms with Gasteiger partial charge in [0.2, 0.25) is 0 Å². The molecular formula is C8H14O6S2. The zero-order valence-electron chi connectivity index (χ0n) is 9.09. The van der Waals surface area contributed by atoms with E-state index in [2.05, 4.69) is 9.47 Å². The summed E-state index contributed by atoms with van der Waals surface area (Å²) in [6, 6.07) is 0. The van der Waals surface area contributed by atoms with Crippen LogP contribution in [0.1, 0.15) is 0 Å². The standard InChI is InChI=1S/C8H14O6S2/c1-13-7(9)5-15(11)3-4-16(12)6-8(10)14-2/h3-6H2,1-2H3. The number of hydrogen-bond acceptors (Lipinski definition) is 6. The van der Waals surface area contributed by atoms with Crippen LogP contribution in [-0.4, -0.2) is 57.6 Å². The van der Waals surface area contributed by atoms with Crippen LogP contribution in [0.2, 0.25) is 0 Å². The molecule has 16 heavy (non-hydrogen) atoms. The lowest BCUT2D eigenvalue weighted by Gasteiger charge is -2.01. The first-order valence-corrected chi connectivity index (χ1v) is 7.30. The average molecular weight is 270 g/mol. The summed E-state index contributed by atoms with van der Waals surface area (Å²) in [6.45, 7) is 0. The van der Waals surface area contributed by atoms with E-state index in [1.54, 1.807) is 0 Å². The van der Waals surface area contributed by atoms with Crippen molar-refractivity contribution < 1.29 is 27.5 Å². The van der Waals surface area contributed by atoms with Gasteiger partial charge in [0.05, 0.1) is 14.2 Å². The molecule has 0 aromatic rings. The van der Waals surface area contributed by atoms with Crippen LogP contribution in [0.4, 0.5) is 0 Å². The number of rotatable bonds is 7. The summed E-state index contributed by atoms with van der Waals surface area (Å²) < 4.78 is 31.1. The minimum absolute atomic E-state index is 0.0959. The van der Waals surface area contributed by atoms with Crippen LogP contribution >= 0.6 is 0 Å². The van der Waals surface area contributed by atoms with Crippen LogP contribution in [0, 0.1) is 0 Å². The van der Waals surface area contributed by atoms with E-state index in [0.29, 0.717) is 0 Å². The lowest BCUT2D eigenvalue weighted by molar-refractivity contribution is -0.138. The molecule has 2 unspecified atom stereocenters. The van der Waals surface area contributed by atoms with E-state index in [-0.39, 0.29) is 23.0 Å². The third-order valence-electron chi connectivity index (χ3n) is 1.55. The molecule has 0 aliphatic heterocycles. The van der Waals surface area contributed by atoms with Crippen LogP contribution in [0.15, 0.2) is 0 Å². The van der Waals surface area contributed by atoms with Crippen molar-refractivity contribution >= 4 is 33.5 Å². The Morgan fingerprint density at radius 1 is 0.875 bits per heavy atom. The molecule has 0 aliphatic carbocycles. The van der Waals surface area contributed by atoms with Gasteiger partial charge < -0.3 is 9.47 Å². The Morgan fingerprint density at radius 2 is 1.19 bits per heavy atom. The Labute approximate surface area is 98.6 Å². The molecule has 0 N–H and O–H groups in total. The van der Waals surface area contributed by atoms with Gasteiger partial charge >= 0.3 is 11.9 Å². The monoisotopic (exact) mass is 270 g/mol. The van der Waals surface area contributed by atoms with Gasteiger partial charge in [0.25, 0.3) is 0 Å². The van der Waals surface area contributed by atoms with E-state index in [4.69, 9.17) is 0 Å². The molecule has 0 aliphatic rings. The summed E-state index contributed by atoms with van der Waals surface area (Å²) in [6.07, 6.45) is 0. The van der Waals surface area contributed by atoms with Crippen LogP contribution in [0.5, 0.6) is 0 Å². The molecule has 0 spiro atoms. The summed E-state index contributed by atoms with van der Waals surface area (Å²) in [5.74, 6) is -1.39. The van der Waals surface area contributed by atoms with Crippen molar-refractivity contribution in [3.63, 3.8) is 0 Å². The maximum atomic E-state index is 11.2. The molecule has 0 rings (SSSR count). The van der Waals surface area contributed by atoms with Crippen molar-refractivity contribution in [2.24, 2.45) is 0 Å². The first-order valence-electron chi connectivity index (χ1n) is 4.33. The highest BCUT2D eigenvalue weighted by atomic mass is 32.2. The molecule has 0 saturated carbocycles. The molecule has 0 bridgehead atoms. The van der Waals surface area contributed by atoms with Gasteiger partial charge in [0.1, 0.15) is 11.5 Å². The molecule has 0 amide bonds. The van der Waals surface area contributed by atoms with Gasteiger partial charge in [-0.25, -0.2) is 0 Å². The first-order chi connectivity index (χ1) is 7.49. The Kier molecular flexibility index (Phi) is 8.00. The topological polar surface area (TPSA) is 86.7 Å². The fourth-order valence-corrected chi connectivity index (χ4v) is 3.25. The Bertz CT molecular complexity index is 271. The largest absolute Gasteiger partial charge is 0.468 e. The van der Waals surface area contributed by atoms with Crippen molar-refractivity contribution in [2.75, 3.05) is 37.2 Å². The third kappa shape index (κ3) is 7.52. The van der Waals surface area contributed by atoms with Gasteiger partial charge in [-0.15, -0.1) is 0 Å². The van der Waals surface area contributed by atoms with Crippen molar-refractivity contribution in [2.45, 2.75) is 0 Å². The van der Waals surface area contributed by atoms with Gasteiger partial charge in [-0.3, -0.25) is 18.0 Å². The maximum absolute atomic E-state index is 11.2. The molecule has 0 fully saturated rings. The molecule has 0 aromatic heterocycles. The number of methoxy groups -OCH3 is 2. The van der Waals surface area contributed by atoms with E-state index in [0.717, 1.165) is 0 Å².